The smallest absolute Gasteiger partial charge is 0.172 e. The molecule has 0 saturated carbocycles. The highest BCUT2D eigenvalue weighted by molar-refractivity contribution is 5.80. The first kappa shape index (κ1) is 20.8. The van der Waals surface area contributed by atoms with Gasteiger partial charge >= 0.3 is 0 Å². The van der Waals surface area contributed by atoms with Crippen molar-refractivity contribution in [3.63, 3.8) is 0 Å². The molecule has 0 unspecified atom stereocenters. The van der Waals surface area contributed by atoms with Gasteiger partial charge in [-0.05, 0) is 31.5 Å². The number of hydrogen-bond donors (Lipinski definition) is 1. The van der Waals surface area contributed by atoms with Crippen LogP contribution in [0.25, 0.3) is 11.0 Å². The highest BCUT2D eigenvalue weighted by Gasteiger charge is 2.26. The van der Waals surface area contributed by atoms with E-state index in [0.29, 0.717) is 32.5 Å². The largest absolute Gasteiger partial charge is 0.487 e. The summed E-state index contributed by atoms with van der Waals surface area (Å²) in [5, 5.41) is 3.51. The number of piperidine rings is 1. The van der Waals surface area contributed by atoms with E-state index in [1.165, 1.54) is 12.1 Å². The summed E-state index contributed by atoms with van der Waals surface area (Å²) in [6, 6.07) is 5.52. The number of halogens is 2. The van der Waals surface area contributed by atoms with E-state index < -0.39 is 11.6 Å². The van der Waals surface area contributed by atoms with Gasteiger partial charge < -0.3 is 19.7 Å². The predicted octanol–water partition coefficient (Wildman–Crippen LogP) is 3.86. The summed E-state index contributed by atoms with van der Waals surface area (Å²) < 4.78 is 38.4. The van der Waals surface area contributed by atoms with Crippen molar-refractivity contribution < 1.29 is 18.3 Å². The van der Waals surface area contributed by atoms with Crippen molar-refractivity contribution >= 4 is 22.7 Å². The topological polar surface area (TPSA) is 72.4 Å². The number of aromatic nitrogens is 3. The molecule has 32 heavy (non-hydrogen) atoms. The number of nitrogens with one attached hydrogen (secondary N) is 1. The standard InChI is InChI=1S/C23H25F2N5O2/c1-14-10-19-20(12-26-14)29-23(22(28-19)27-16-6-9-31-13-16)30-7-4-17(5-8-30)32-21-3-2-15(24)11-18(21)25/h2-3,10-12,16-17H,4-9,13H2,1H3,(H,27,28)/t16-/m1/s1. The minimum Gasteiger partial charge on any atom is -0.487 e. The van der Waals surface area contributed by atoms with Crippen LogP contribution in [0.2, 0.25) is 0 Å². The van der Waals surface area contributed by atoms with E-state index in [4.69, 9.17) is 19.4 Å². The van der Waals surface area contributed by atoms with Crippen molar-refractivity contribution in [2.75, 3.05) is 36.5 Å². The number of anilines is 2. The van der Waals surface area contributed by atoms with Gasteiger partial charge in [0.2, 0.25) is 0 Å². The van der Waals surface area contributed by atoms with Gasteiger partial charge in [-0.3, -0.25) is 4.98 Å². The second-order valence-electron chi connectivity index (χ2n) is 8.29. The molecule has 0 amide bonds. The number of aryl methyl sites for hydroxylation is 1. The van der Waals surface area contributed by atoms with Crippen LogP contribution in [0.3, 0.4) is 0 Å². The maximum absolute atomic E-state index is 14.0. The van der Waals surface area contributed by atoms with E-state index in [9.17, 15) is 8.78 Å². The van der Waals surface area contributed by atoms with Crippen molar-refractivity contribution in [1.82, 2.24) is 15.0 Å². The Morgan fingerprint density at radius 3 is 2.69 bits per heavy atom. The number of ether oxygens (including phenoxy) is 2. The van der Waals surface area contributed by atoms with Gasteiger partial charge in [-0.15, -0.1) is 0 Å². The van der Waals surface area contributed by atoms with E-state index >= 15 is 0 Å². The molecular weight excluding hydrogens is 416 g/mol. The molecule has 1 N–H and O–H groups in total. The maximum atomic E-state index is 14.0. The number of rotatable bonds is 5. The average molecular weight is 441 g/mol. The monoisotopic (exact) mass is 441 g/mol. The molecule has 5 rings (SSSR count). The lowest BCUT2D eigenvalue weighted by atomic mass is 10.1. The summed E-state index contributed by atoms with van der Waals surface area (Å²) in [7, 11) is 0. The van der Waals surface area contributed by atoms with Crippen molar-refractivity contribution in [2.24, 2.45) is 0 Å². The SMILES string of the molecule is Cc1cc2nc(N[C@@H]3CCOC3)c(N3CCC(Oc4ccc(F)cc4F)CC3)nc2cn1. The molecular formula is C23H25F2N5O2. The molecule has 7 nitrogen and oxygen atoms in total. The molecule has 2 aliphatic rings. The molecule has 0 bridgehead atoms. The van der Waals surface area contributed by atoms with Gasteiger partial charge in [0, 0.05) is 44.3 Å². The second-order valence-corrected chi connectivity index (χ2v) is 8.29. The Morgan fingerprint density at radius 2 is 1.94 bits per heavy atom. The van der Waals surface area contributed by atoms with Crippen LogP contribution in [0.5, 0.6) is 5.75 Å². The minimum atomic E-state index is -0.680. The number of hydrogen-bond acceptors (Lipinski definition) is 7. The summed E-state index contributed by atoms with van der Waals surface area (Å²) in [6.07, 6.45) is 3.90. The second kappa shape index (κ2) is 8.82. The zero-order valence-electron chi connectivity index (χ0n) is 17.9. The molecule has 0 spiro atoms. The average Bonchev–Trinajstić information content (AvgIpc) is 3.29. The van der Waals surface area contributed by atoms with Crippen LogP contribution in [0.4, 0.5) is 20.4 Å². The predicted molar refractivity (Wildman–Crippen MR) is 117 cm³/mol. The Bertz CT molecular complexity index is 1110. The Labute approximate surface area is 184 Å². The lowest BCUT2D eigenvalue weighted by Gasteiger charge is -2.34. The summed E-state index contributed by atoms with van der Waals surface area (Å²) in [5.41, 5.74) is 2.43. The molecule has 2 aromatic heterocycles. The maximum Gasteiger partial charge on any atom is 0.172 e. The van der Waals surface area contributed by atoms with Crippen LogP contribution in [-0.4, -0.2) is 53.4 Å². The van der Waals surface area contributed by atoms with E-state index in [2.05, 4.69) is 15.2 Å². The van der Waals surface area contributed by atoms with Crippen molar-refractivity contribution in [2.45, 2.75) is 38.3 Å². The first-order valence-corrected chi connectivity index (χ1v) is 10.9. The normalized spacial score (nSPS) is 19.5. The fourth-order valence-corrected chi connectivity index (χ4v) is 4.15. The third-order valence-corrected chi connectivity index (χ3v) is 5.87. The van der Waals surface area contributed by atoms with Crippen molar-refractivity contribution in [3.8, 4) is 5.75 Å². The zero-order chi connectivity index (χ0) is 22.1. The molecule has 2 saturated heterocycles. The number of benzene rings is 1. The first-order valence-electron chi connectivity index (χ1n) is 10.9. The lowest BCUT2D eigenvalue weighted by molar-refractivity contribution is 0.163. The van der Waals surface area contributed by atoms with Crippen LogP contribution in [0.1, 0.15) is 25.0 Å². The Hall–Kier alpha value is -3.07. The first-order chi connectivity index (χ1) is 15.5. The highest BCUT2D eigenvalue weighted by Crippen LogP contribution is 2.30. The van der Waals surface area contributed by atoms with Crippen molar-refractivity contribution in [1.29, 1.82) is 0 Å². The molecule has 1 atom stereocenters. The Morgan fingerprint density at radius 1 is 1.09 bits per heavy atom. The van der Waals surface area contributed by atoms with Crippen LogP contribution < -0.4 is 15.0 Å². The van der Waals surface area contributed by atoms with Gasteiger partial charge in [-0.1, -0.05) is 0 Å². The summed E-state index contributed by atoms with van der Waals surface area (Å²) in [5.74, 6) is 0.308. The Kier molecular flexibility index (Phi) is 5.73. The Balaban J connectivity index is 1.35. The summed E-state index contributed by atoms with van der Waals surface area (Å²) in [6.45, 7) is 4.68. The molecule has 1 aromatic carbocycles. The molecule has 0 aliphatic carbocycles. The van der Waals surface area contributed by atoms with Gasteiger partial charge in [0.1, 0.15) is 17.4 Å². The van der Waals surface area contributed by atoms with E-state index in [1.807, 2.05) is 13.0 Å². The van der Waals surface area contributed by atoms with Crippen LogP contribution in [0.15, 0.2) is 30.5 Å². The quantitative estimate of drug-likeness (QED) is 0.645. The number of nitrogens with zero attached hydrogens (tertiary/aromatic N) is 4. The molecule has 4 heterocycles. The van der Waals surface area contributed by atoms with Crippen LogP contribution >= 0.6 is 0 Å². The van der Waals surface area contributed by atoms with Gasteiger partial charge in [-0.2, -0.15) is 0 Å². The van der Waals surface area contributed by atoms with E-state index in [1.54, 1.807) is 6.20 Å². The van der Waals surface area contributed by atoms with Crippen LogP contribution in [-0.2, 0) is 4.74 Å². The summed E-state index contributed by atoms with van der Waals surface area (Å²) >= 11 is 0. The molecule has 0 radical (unpaired) electrons. The van der Waals surface area contributed by atoms with Crippen LogP contribution in [0, 0.1) is 18.6 Å². The fraction of sp³-hybridized carbons (Fsp3) is 0.435. The van der Waals surface area contributed by atoms with Gasteiger partial charge in [-0.25, -0.2) is 18.7 Å². The minimum absolute atomic E-state index is 0.0837. The molecule has 2 aliphatic heterocycles. The molecule has 9 heteroatoms. The van der Waals surface area contributed by atoms with Gasteiger partial charge in [0.25, 0.3) is 0 Å². The lowest BCUT2D eigenvalue weighted by Crippen LogP contribution is -2.39. The summed E-state index contributed by atoms with van der Waals surface area (Å²) in [4.78, 5) is 16.3. The fourth-order valence-electron chi connectivity index (χ4n) is 4.15. The number of fused-ring (bicyclic) bond motifs is 1. The van der Waals surface area contributed by atoms with Gasteiger partial charge in [0.15, 0.2) is 23.2 Å². The third-order valence-electron chi connectivity index (χ3n) is 5.87. The molecule has 3 aromatic rings. The van der Waals surface area contributed by atoms with E-state index in [-0.39, 0.29) is 17.9 Å². The van der Waals surface area contributed by atoms with Crippen molar-refractivity contribution in [3.05, 3.63) is 47.8 Å². The zero-order valence-corrected chi connectivity index (χ0v) is 17.9. The van der Waals surface area contributed by atoms with E-state index in [0.717, 1.165) is 47.5 Å². The van der Waals surface area contributed by atoms with Gasteiger partial charge in [0.05, 0.1) is 24.4 Å². The molecule has 2 fully saturated rings. The highest BCUT2D eigenvalue weighted by atomic mass is 19.1. The number of pyridine rings is 1. The molecule has 168 valence electrons. The third kappa shape index (κ3) is 4.43.